The third kappa shape index (κ3) is 4.67. The minimum atomic E-state index is -2.63. The van der Waals surface area contributed by atoms with E-state index in [2.05, 4.69) is 26.3 Å². The minimum absolute atomic E-state index is 0.407. The van der Waals surface area contributed by atoms with E-state index in [1.165, 1.54) is 0 Å². The predicted octanol–water partition coefficient (Wildman–Crippen LogP) is 4.93. The van der Waals surface area contributed by atoms with Gasteiger partial charge in [-0.25, -0.2) is 14.6 Å². The molecule has 3 aromatic heterocycles. The van der Waals surface area contributed by atoms with Gasteiger partial charge in [-0.1, -0.05) is 41.6 Å². The number of hydrogen-bond acceptors (Lipinski definition) is 7. The molecule has 1 unspecified atom stereocenters. The summed E-state index contributed by atoms with van der Waals surface area (Å²) in [6.45, 7) is 4.50. The van der Waals surface area contributed by atoms with Crippen molar-refractivity contribution in [1.82, 2.24) is 29.9 Å². The Hall–Kier alpha value is -3.48. The Labute approximate surface area is 191 Å². The summed E-state index contributed by atoms with van der Waals surface area (Å²) in [5.74, 6) is 0. The lowest BCUT2D eigenvalue weighted by Crippen LogP contribution is -2.03. The van der Waals surface area contributed by atoms with Gasteiger partial charge in [0.15, 0.2) is 5.65 Å². The summed E-state index contributed by atoms with van der Waals surface area (Å²) < 4.78 is 19.6. The first-order valence-corrected chi connectivity index (χ1v) is 13.0. The van der Waals surface area contributed by atoms with Crippen LogP contribution in [-0.4, -0.2) is 43.2 Å². The van der Waals surface area contributed by atoms with Crippen molar-refractivity contribution in [2.75, 3.05) is 13.3 Å². The second-order valence-corrected chi connectivity index (χ2v) is 10.6. The van der Waals surface area contributed by atoms with Crippen LogP contribution in [-0.2, 0) is 21.8 Å². The van der Waals surface area contributed by atoms with E-state index in [1.54, 1.807) is 23.7 Å². The summed E-state index contributed by atoms with van der Waals surface area (Å²) in [6, 6.07) is 17.9. The van der Waals surface area contributed by atoms with Gasteiger partial charge in [-0.3, -0.25) is 9.55 Å². The first-order chi connectivity index (χ1) is 16.0. The lowest BCUT2D eigenvalue weighted by atomic mass is 10.1. The Bertz CT molecular complexity index is 1480. The Morgan fingerprint density at radius 1 is 1.03 bits per heavy atom. The fourth-order valence-corrected chi connectivity index (χ4v) is 5.34. The van der Waals surface area contributed by atoms with Crippen molar-refractivity contribution in [2.45, 2.75) is 19.6 Å². The van der Waals surface area contributed by atoms with Crippen LogP contribution in [0.2, 0.25) is 0 Å². The van der Waals surface area contributed by atoms with Crippen LogP contribution in [0, 0.1) is 0 Å². The number of aromatic nitrogens is 6. The first-order valence-electron chi connectivity index (χ1n) is 10.7. The van der Waals surface area contributed by atoms with Gasteiger partial charge in [0.1, 0.15) is 0 Å². The lowest BCUT2D eigenvalue weighted by Gasteiger charge is -2.12. The molecule has 5 aromatic rings. The zero-order chi connectivity index (χ0) is 22.8. The monoisotopic (exact) mass is 458 g/mol. The van der Waals surface area contributed by atoms with Crippen molar-refractivity contribution >= 4 is 29.6 Å². The van der Waals surface area contributed by atoms with E-state index in [9.17, 15) is 4.57 Å². The molecule has 166 valence electrons. The maximum absolute atomic E-state index is 12.5. The largest absolute Gasteiger partial charge is 0.329 e. The second kappa shape index (κ2) is 8.81. The van der Waals surface area contributed by atoms with Gasteiger partial charge in [0, 0.05) is 30.0 Å². The van der Waals surface area contributed by atoms with Crippen molar-refractivity contribution in [3.8, 4) is 11.3 Å². The fourth-order valence-electron chi connectivity index (χ4n) is 3.83. The Kier molecular flexibility index (Phi) is 5.70. The summed E-state index contributed by atoms with van der Waals surface area (Å²) in [5.41, 5.74) is 5.76. The highest BCUT2D eigenvalue weighted by molar-refractivity contribution is 7.57. The number of rotatable bonds is 7. The number of fused-ring (bicyclic) bond motifs is 2. The van der Waals surface area contributed by atoms with E-state index in [0.29, 0.717) is 30.6 Å². The maximum Gasteiger partial charge on any atom is 0.221 e. The van der Waals surface area contributed by atoms with Crippen LogP contribution < -0.4 is 0 Å². The molecule has 0 saturated heterocycles. The molecule has 3 heterocycles. The van der Waals surface area contributed by atoms with Crippen LogP contribution in [0.15, 0.2) is 67.0 Å². The lowest BCUT2D eigenvalue weighted by molar-refractivity contribution is 0.336. The van der Waals surface area contributed by atoms with Crippen molar-refractivity contribution in [3.05, 3.63) is 78.1 Å². The van der Waals surface area contributed by atoms with Gasteiger partial charge >= 0.3 is 0 Å². The Morgan fingerprint density at radius 2 is 1.85 bits per heavy atom. The standard InChI is InChI=1S/C24H23N6O2P/c1-3-32-33(2,31)16-17-6-9-19(10-7-17)22-14-26-23-24(27-22)30(29-28-23)15-18-8-11-21-20(13-18)5-4-12-25-21/h4-14H,3,15-16H2,1-2H3. The summed E-state index contributed by atoms with van der Waals surface area (Å²) >= 11 is 0. The van der Waals surface area contributed by atoms with Gasteiger partial charge in [-0.2, -0.15) is 0 Å². The van der Waals surface area contributed by atoms with Crippen LogP contribution in [0.1, 0.15) is 18.1 Å². The van der Waals surface area contributed by atoms with E-state index in [-0.39, 0.29) is 0 Å². The predicted molar refractivity (Wildman–Crippen MR) is 128 cm³/mol. The molecule has 8 nitrogen and oxygen atoms in total. The molecule has 33 heavy (non-hydrogen) atoms. The van der Waals surface area contributed by atoms with E-state index in [4.69, 9.17) is 9.51 Å². The second-order valence-electron chi connectivity index (χ2n) is 7.97. The van der Waals surface area contributed by atoms with Crippen LogP contribution in [0.4, 0.5) is 0 Å². The van der Waals surface area contributed by atoms with Crippen LogP contribution >= 0.6 is 7.37 Å². The SMILES string of the molecule is CCOP(C)(=O)Cc1ccc(-c2cnc3nnn(Cc4ccc5ncccc5c4)c3n2)cc1. The molecule has 0 bridgehead atoms. The molecule has 5 rings (SSSR count). The normalized spacial score (nSPS) is 13.4. The molecule has 0 aliphatic carbocycles. The highest BCUT2D eigenvalue weighted by Crippen LogP contribution is 2.46. The van der Waals surface area contributed by atoms with Crippen molar-refractivity contribution in [2.24, 2.45) is 0 Å². The molecule has 0 amide bonds. The average molecular weight is 458 g/mol. The third-order valence-electron chi connectivity index (χ3n) is 5.35. The molecule has 0 spiro atoms. The maximum atomic E-state index is 12.5. The number of pyridine rings is 1. The van der Waals surface area contributed by atoms with Gasteiger partial charge in [-0.15, -0.1) is 5.10 Å². The first kappa shape index (κ1) is 21.4. The molecule has 0 aliphatic heterocycles. The summed E-state index contributed by atoms with van der Waals surface area (Å²) in [5, 5.41) is 9.50. The molecule has 0 aliphatic rings. The van der Waals surface area contributed by atoms with Crippen molar-refractivity contribution in [3.63, 3.8) is 0 Å². The summed E-state index contributed by atoms with van der Waals surface area (Å²) in [7, 11) is -2.63. The van der Waals surface area contributed by atoms with Crippen LogP contribution in [0.3, 0.4) is 0 Å². The minimum Gasteiger partial charge on any atom is -0.329 e. The number of benzene rings is 2. The van der Waals surface area contributed by atoms with Crippen LogP contribution in [0.25, 0.3) is 33.5 Å². The molecular weight excluding hydrogens is 435 g/mol. The summed E-state index contributed by atoms with van der Waals surface area (Å²) in [6.07, 6.45) is 3.89. The van der Waals surface area contributed by atoms with Gasteiger partial charge < -0.3 is 4.52 Å². The van der Waals surface area contributed by atoms with Crippen molar-refractivity contribution in [1.29, 1.82) is 0 Å². The molecule has 1 atom stereocenters. The van der Waals surface area contributed by atoms with E-state index in [1.807, 2.05) is 55.5 Å². The quantitative estimate of drug-likeness (QED) is 0.319. The van der Waals surface area contributed by atoms with Gasteiger partial charge in [-0.05, 0) is 36.2 Å². The molecule has 2 aromatic carbocycles. The average Bonchev–Trinajstić information content (AvgIpc) is 3.21. The molecule has 0 fully saturated rings. The van der Waals surface area contributed by atoms with Gasteiger partial charge in [0.2, 0.25) is 13.0 Å². The van der Waals surface area contributed by atoms with E-state index < -0.39 is 7.37 Å². The van der Waals surface area contributed by atoms with Crippen molar-refractivity contribution < 1.29 is 9.09 Å². The topological polar surface area (TPSA) is 95.7 Å². The molecule has 0 N–H and O–H groups in total. The third-order valence-corrected chi connectivity index (χ3v) is 7.09. The zero-order valence-electron chi connectivity index (χ0n) is 18.4. The zero-order valence-corrected chi connectivity index (χ0v) is 19.3. The molecule has 0 radical (unpaired) electrons. The van der Waals surface area contributed by atoms with E-state index >= 15 is 0 Å². The van der Waals surface area contributed by atoms with Gasteiger partial charge in [0.25, 0.3) is 0 Å². The Morgan fingerprint density at radius 3 is 2.67 bits per heavy atom. The molecule has 0 saturated carbocycles. The highest BCUT2D eigenvalue weighted by Gasteiger charge is 2.16. The highest BCUT2D eigenvalue weighted by atomic mass is 31.2. The fraction of sp³-hybridized carbons (Fsp3) is 0.208. The summed E-state index contributed by atoms with van der Waals surface area (Å²) in [4.78, 5) is 13.6. The van der Waals surface area contributed by atoms with Gasteiger partial charge in [0.05, 0.1) is 30.6 Å². The molecule has 9 heteroatoms. The smallest absolute Gasteiger partial charge is 0.221 e. The number of hydrogen-bond donors (Lipinski definition) is 0. The van der Waals surface area contributed by atoms with E-state index in [0.717, 1.165) is 33.3 Å². The Balaban J connectivity index is 1.41. The number of nitrogens with zero attached hydrogens (tertiary/aromatic N) is 6. The van der Waals surface area contributed by atoms with Crippen LogP contribution in [0.5, 0.6) is 0 Å². The molecular formula is C24H23N6O2P.